The standard InChI is InChI=1S/C18H25N3OS/c1-13-21-17(12-23-13)15-9-16(19-11-15)18(22)20-10-14-7-5-3-2-4-6-8-14/h9,11-12,14,19H,2-8,10H2,1H3,(H,20,22). The first kappa shape index (κ1) is 16.2. The molecule has 0 atom stereocenters. The minimum atomic E-state index is -0.00902. The van der Waals surface area contributed by atoms with Crippen molar-refractivity contribution in [2.24, 2.45) is 5.92 Å². The van der Waals surface area contributed by atoms with Gasteiger partial charge in [0.15, 0.2) is 0 Å². The average Bonchev–Trinajstić information content (AvgIpc) is 3.14. The normalized spacial score (nSPS) is 16.7. The van der Waals surface area contributed by atoms with Crippen molar-refractivity contribution in [3.63, 3.8) is 0 Å². The van der Waals surface area contributed by atoms with Gasteiger partial charge in [0.05, 0.1) is 10.7 Å². The molecule has 1 saturated carbocycles. The molecule has 1 amide bonds. The molecule has 0 aromatic carbocycles. The first-order valence-electron chi connectivity index (χ1n) is 8.61. The quantitative estimate of drug-likeness (QED) is 0.864. The van der Waals surface area contributed by atoms with Crippen molar-refractivity contribution in [3.05, 3.63) is 28.3 Å². The van der Waals surface area contributed by atoms with Crippen molar-refractivity contribution in [1.29, 1.82) is 0 Å². The van der Waals surface area contributed by atoms with Gasteiger partial charge in [0, 0.05) is 23.7 Å². The second-order valence-electron chi connectivity index (χ2n) is 6.47. The molecule has 1 fully saturated rings. The van der Waals surface area contributed by atoms with E-state index in [1.54, 1.807) is 11.3 Å². The zero-order chi connectivity index (χ0) is 16.1. The minimum Gasteiger partial charge on any atom is -0.357 e. The Balaban J connectivity index is 1.55. The van der Waals surface area contributed by atoms with Crippen LogP contribution in [0.2, 0.25) is 0 Å². The van der Waals surface area contributed by atoms with Gasteiger partial charge in [0.2, 0.25) is 0 Å². The molecule has 2 heterocycles. The van der Waals surface area contributed by atoms with E-state index in [1.807, 2.05) is 24.6 Å². The summed E-state index contributed by atoms with van der Waals surface area (Å²) in [6.07, 6.45) is 11.0. The third-order valence-electron chi connectivity index (χ3n) is 4.62. The zero-order valence-corrected chi connectivity index (χ0v) is 14.5. The Hall–Kier alpha value is -1.62. The fraction of sp³-hybridized carbons (Fsp3) is 0.556. The van der Waals surface area contributed by atoms with E-state index in [-0.39, 0.29) is 5.91 Å². The number of carbonyl (C=O) groups is 1. The van der Waals surface area contributed by atoms with Crippen molar-refractivity contribution in [2.75, 3.05) is 6.54 Å². The van der Waals surface area contributed by atoms with Crippen LogP contribution in [0.1, 0.15) is 60.4 Å². The van der Waals surface area contributed by atoms with Crippen LogP contribution in [-0.2, 0) is 0 Å². The van der Waals surface area contributed by atoms with Crippen molar-refractivity contribution >= 4 is 17.2 Å². The second-order valence-corrected chi connectivity index (χ2v) is 7.54. The van der Waals surface area contributed by atoms with E-state index in [0.29, 0.717) is 11.6 Å². The molecule has 0 aliphatic heterocycles. The molecule has 2 aromatic rings. The zero-order valence-electron chi connectivity index (χ0n) is 13.7. The molecule has 23 heavy (non-hydrogen) atoms. The first-order valence-corrected chi connectivity index (χ1v) is 9.49. The van der Waals surface area contributed by atoms with Gasteiger partial charge in [-0.05, 0) is 31.7 Å². The Morgan fingerprint density at radius 3 is 2.74 bits per heavy atom. The Labute approximate surface area is 141 Å². The highest BCUT2D eigenvalue weighted by Crippen LogP contribution is 2.23. The molecule has 0 spiro atoms. The fourth-order valence-corrected chi connectivity index (χ4v) is 3.87. The summed E-state index contributed by atoms with van der Waals surface area (Å²) in [5.41, 5.74) is 2.53. The van der Waals surface area contributed by atoms with Gasteiger partial charge in [0.1, 0.15) is 5.69 Å². The molecule has 1 aliphatic rings. The maximum Gasteiger partial charge on any atom is 0.267 e. The number of nitrogens with zero attached hydrogens (tertiary/aromatic N) is 1. The van der Waals surface area contributed by atoms with Gasteiger partial charge in [-0.25, -0.2) is 4.98 Å². The molecule has 0 unspecified atom stereocenters. The SMILES string of the molecule is Cc1nc(-c2c[nH]c(C(=O)NCC3CCCCCCC3)c2)cs1. The predicted molar refractivity (Wildman–Crippen MR) is 94.8 cm³/mol. The molecule has 1 aliphatic carbocycles. The molecular weight excluding hydrogens is 306 g/mol. The molecule has 3 rings (SSSR count). The molecular formula is C18H25N3OS. The third-order valence-corrected chi connectivity index (χ3v) is 5.39. The van der Waals surface area contributed by atoms with E-state index in [2.05, 4.69) is 15.3 Å². The minimum absolute atomic E-state index is 0.00902. The molecule has 0 saturated heterocycles. The number of amides is 1. The number of aryl methyl sites for hydroxylation is 1. The van der Waals surface area contributed by atoms with Crippen LogP contribution in [0.15, 0.2) is 17.6 Å². The summed E-state index contributed by atoms with van der Waals surface area (Å²) >= 11 is 1.62. The Morgan fingerprint density at radius 1 is 1.30 bits per heavy atom. The molecule has 5 heteroatoms. The summed E-state index contributed by atoms with van der Waals surface area (Å²) in [4.78, 5) is 19.9. The summed E-state index contributed by atoms with van der Waals surface area (Å²) in [6.45, 7) is 2.78. The maximum absolute atomic E-state index is 12.3. The number of H-pyrrole nitrogens is 1. The van der Waals surface area contributed by atoms with Gasteiger partial charge in [-0.2, -0.15) is 0 Å². The summed E-state index contributed by atoms with van der Waals surface area (Å²) in [5, 5.41) is 6.16. The van der Waals surface area contributed by atoms with E-state index in [4.69, 9.17) is 0 Å². The van der Waals surface area contributed by atoms with Crippen LogP contribution >= 0.6 is 11.3 Å². The lowest BCUT2D eigenvalue weighted by Gasteiger charge is -2.19. The molecule has 124 valence electrons. The fourth-order valence-electron chi connectivity index (χ4n) is 3.25. The topological polar surface area (TPSA) is 57.8 Å². The number of hydrogen-bond acceptors (Lipinski definition) is 3. The third kappa shape index (κ3) is 4.44. The number of thiazole rings is 1. The number of aromatic nitrogens is 2. The highest BCUT2D eigenvalue weighted by Gasteiger charge is 2.15. The Morgan fingerprint density at radius 2 is 2.04 bits per heavy atom. The first-order chi connectivity index (χ1) is 11.2. The van der Waals surface area contributed by atoms with Crippen LogP contribution in [0.3, 0.4) is 0 Å². The lowest BCUT2D eigenvalue weighted by molar-refractivity contribution is 0.0940. The van der Waals surface area contributed by atoms with Crippen LogP contribution in [-0.4, -0.2) is 22.4 Å². The van der Waals surface area contributed by atoms with Gasteiger partial charge < -0.3 is 10.3 Å². The number of carbonyl (C=O) groups excluding carboxylic acids is 1. The largest absolute Gasteiger partial charge is 0.357 e. The van der Waals surface area contributed by atoms with E-state index in [0.717, 1.165) is 22.8 Å². The van der Waals surface area contributed by atoms with E-state index >= 15 is 0 Å². The number of aromatic amines is 1. The number of rotatable bonds is 4. The van der Waals surface area contributed by atoms with Crippen LogP contribution in [0, 0.1) is 12.8 Å². The van der Waals surface area contributed by atoms with Crippen LogP contribution in [0.5, 0.6) is 0 Å². The van der Waals surface area contributed by atoms with Crippen molar-refractivity contribution in [2.45, 2.75) is 51.9 Å². The van der Waals surface area contributed by atoms with Crippen LogP contribution in [0.25, 0.3) is 11.3 Å². The molecule has 2 aromatic heterocycles. The average molecular weight is 331 g/mol. The second kappa shape index (κ2) is 7.77. The Kier molecular flexibility index (Phi) is 5.49. The van der Waals surface area contributed by atoms with E-state index in [1.165, 1.54) is 44.9 Å². The van der Waals surface area contributed by atoms with E-state index < -0.39 is 0 Å². The number of hydrogen-bond donors (Lipinski definition) is 2. The van der Waals surface area contributed by atoms with Crippen LogP contribution < -0.4 is 5.32 Å². The summed E-state index contributed by atoms with van der Waals surface area (Å²) in [6, 6.07) is 1.89. The molecule has 2 N–H and O–H groups in total. The van der Waals surface area contributed by atoms with Gasteiger partial charge in [0.25, 0.3) is 5.91 Å². The van der Waals surface area contributed by atoms with Gasteiger partial charge in [-0.1, -0.05) is 32.1 Å². The lowest BCUT2D eigenvalue weighted by Crippen LogP contribution is -2.29. The van der Waals surface area contributed by atoms with E-state index in [9.17, 15) is 4.79 Å². The number of nitrogens with one attached hydrogen (secondary N) is 2. The summed E-state index contributed by atoms with van der Waals surface area (Å²) < 4.78 is 0. The highest BCUT2D eigenvalue weighted by molar-refractivity contribution is 7.09. The van der Waals surface area contributed by atoms with Gasteiger partial charge >= 0.3 is 0 Å². The van der Waals surface area contributed by atoms with Crippen molar-refractivity contribution in [3.8, 4) is 11.3 Å². The highest BCUT2D eigenvalue weighted by atomic mass is 32.1. The smallest absolute Gasteiger partial charge is 0.267 e. The van der Waals surface area contributed by atoms with Crippen molar-refractivity contribution < 1.29 is 4.79 Å². The maximum atomic E-state index is 12.3. The molecule has 4 nitrogen and oxygen atoms in total. The Bertz CT molecular complexity index is 638. The van der Waals surface area contributed by atoms with Gasteiger partial charge in [-0.3, -0.25) is 4.79 Å². The summed E-state index contributed by atoms with van der Waals surface area (Å²) in [7, 11) is 0. The predicted octanol–water partition coefficient (Wildman–Crippen LogP) is 4.54. The lowest BCUT2D eigenvalue weighted by atomic mass is 9.91. The van der Waals surface area contributed by atoms with Crippen LogP contribution in [0.4, 0.5) is 0 Å². The molecule has 0 radical (unpaired) electrons. The van der Waals surface area contributed by atoms with Crippen molar-refractivity contribution in [1.82, 2.24) is 15.3 Å². The molecule has 0 bridgehead atoms. The monoisotopic (exact) mass is 331 g/mol. The van der Waals surface area contributed by atoms with Gasteiger partial charge in [-0.15, -0.1) is 11.3 Å². The summed E-state index contributed by atoms with van der Waals surface area (Å²) in [5.74, 6) is 0.625.